The molecule has 0 atom stereocenters. The molecule has 0 aromatic carbocycles. The van der Waals surface area contributed by atoms with Crippen LogP contribution in [0, 0.1) is 0 Å². The van der Waals surface area contributed by atoms with Crippen LogP contribution < -0.4 is 5.32 Å². The molecule has 1 aliphatic carbocycles. The minimum Gasteiger partial charge on any atom is -0.378 e. The first-order chi connectivity index (χ1) is 6.86. The molecule has 0 radical (unpaired) electrons. The first kappa shape index (κ1) is 9.52. The van der Waals surface area contributed by atoms with Gasteiger partial charge in [-0.15, -0.1) is 0 Å². The largest absolute Gasteiger partial charge is 0.378 e. The van der Waals surface area contributed by atoms with Crippen molar-refractivity contribution >= 4 is 6.03 Å². The van der Waals surface area contributed by atoms with Gasteiger partial charge < -0.3 is 15.0 Å². The summed E-state index contributed by atoms with van der Waals surface area (Å²) in [5.41, 5.74) is 0. The molecule has 1 saturated heterocycles. The first-order valence-corrected chi connectivity index (χ1v) is 5.14. The number of hydrogen-bond donors (Lipinski definition) is 1. The maximum atomic E-state index is 11.7. The van der Waals surface area contributed by atoms with Gasteiger partial charge in [-0.05, 0) is 12.8 Å². The standard InChI is InChI=1S/C10H16N2O2/c13-10(11-9-3-1-2-4-9)12-5-7-14-8-6-12/h1-2,9H,3-8H2,(H,11,13). The van der Waals surface area contributed by atoms with Gasteiger partial charge in [-0.2, -0.15) is 0 Å². The van der Waals surface area contributed by atoms with E-state index in [1.54, 1.807) is 0 Å². The molecular weight excluding hydrogens is 180 g/mol. The number of amides is 2. The van der Waals surface area contributed by atoms with E-state index >= 15 is 0 Å². The van der Waals surface area contributed by atoms with Crippen LogP contribution >= 0.6 is 0 Å². The highest BCUT2D eigenvalue weighted by Crippen LogP contribution is 2.09. The second-order valence-electron chi connectivity index (χ2n) is 3.69. The highest BCUT2D eigenvalue weighted by atomic mass is 16.5. The number of morpholine rings is 1. The summed E-state index contributed by atoms with van der Waals surface area (Å²) in [5, 5.41) is 3.02. The lowest BCUT2D eigenvalue weighted by molar-refractivity contribution is 0.0526. The third kappa shape index (κ3) is 2.26. The van der Waals surface area contributed by atoms with Crippen LogP contribution in [0.15, 0.2) is 12.2 Å². The molecular formula is C10H16N2O2. The molecule has 1 N–H and O–H groups in total. The van der Waals surface area contributed by atoms with E-state index in [0.29, 0.717) is 32.3 Å². The number of nitrogens with one attached hydrogen (secondary N) is 1. The van der Waals surface area contributed by atoms with Crippen LogP contribution in [-0.2, 0) is 4.74 Å². The summed E-state index contributed by atoms with van der Waals surface area (Å²) >= 11 is 0. The van der Waals surface area contributed by atoms with Crippen LogP contribution in [0.3, 0.4) is 0 Å². The van der Waals surface area contributed by atoms with E-state index in [4.69, 9.17) is 4.74 Å². The fraction of sp³-hybridized carbons (Fsp3) is 0.700. The van der Waals surface area contributed by atoms with Crippen molar-refractivity contribution in [2.75, 3.05) is 26.3 Å². The van der Waals surface area contributed by atoms with Crippen LogP contribution in [0.25, 0.3) is 0 Å². The Kier molecular flexibility index (Phi) is 3.03. The van der Waals surface area contributed by atoms with Crippen molar-refractivity contribution in [1.82, 2.24) is 10.2 Å². The van der Waals surface area contributed by atoms with Crippen LogP contribution in [-0.4, -0.2) is 43.3 Å². The van der Waals surface area contributed by atoms with Gasteiger partial charge in [-0.25, -0.2) is 4.79 Å². The minimum atomic E-state index is 0.0574. The maximum absolute atomic E-state index is 11.7. The molecule has 78 valence electrons. The Morgan fingerprint density at radius 3 is 2.57 bits per heavy atom. The fourth-order valence-electron chi connectivity index (χ4n) is 1.77. The van der Waals surface area contributed by atoms with Gasteiger partial charge in [-0.3, -0.25) is 0 Å². The van der Waals surface area contributed by atoms with Crippen molar-refractivity contribution in [1.29, 1.82) is 0 Å². The van der Waals surface area contributed by atoms with Gasteiger partial charge in [-0.1, -0.05) is 12.2 Å². The molecule has 1 heterocycles. The zero-order valence-electron chi connectivity index (χ0n) is 8.24. The lowest BCUT2D eigenvalue weighted by Crippen LogP contribution is -2.48. The summed E-state index contributed by atoms with van der Waals surface area (Å²) in [7, 11) is 0. The average Bonchev–Trinajstić information content (AvgIpc) is 2.72. The van der Waals surface area contributed by atoms with Crippen molar-refractivity contribution in [3.05, 3.63) is 12.2 Å². The lowest BCUT2D eigenvalue weighted by atomic mass is 10.2. The van der Waals surface area contributed by atoms with Gasteiger partial charge in [0.05, 0.1) is 13.2 Å². The second kappa shape index (κ2) is 4.46. The summed E-state index contributed by atoms with van der Waals surface area (Å²) in [6, 6.07) is 0.368. The molecule has 0 bridgehead atoms. The van der Waals surface area contributed by atoms with E-state index in [1.807, 2.05) is 4.90 Å². The van der Waals surface area contributed by atoms with Crippen molar-refractivity contribution in [2.24, 2.45) is 0 Å². The third-order valence-electron chi connectivity index (χ3n) is 2.63. The number of rotatable bonds is 1. The van der Waals surface area contributed by atoms with E-state index < -0.39 is 0 Å². The molecule has 2 aliphatic rings. The van der Waals surface area contributed by atoms with E-state index in [-0.39, 0.29) is 6.03 Å². The molecule has 1 fully saturated rings. The van der Waals surface area contributed by atoms with Gasteiger partial charge in [0.25, 0.3) is 0 Å². The van der Waals surface area contributed by atoms with Gasteiger partial charge in [0.2, 0.25) is 0 Å². The monoisotopic (exact) mass is 196 g/mol. The van der Waals surface area contributed by atoms with Crippen LogP contribution in [0.1, 0.15) is 12.8 Å². The van der Waals surface area contributed by atoms with Gasteiger partial charge in [0, 0.05) is 19.1 Å². The Morgan fingerprint density at radius 1 is 1.29 bits per heavy atom. The smallest absolute Gasteiger partial charge is 0.317 e. The summed E-state index contributed by atoms with van der Waals surface area (Å²) in [6.45, 7) is 2.75. The Bertz CT molecular complexity index is 226. The molecule has 1 aliphatic heterocycles. The molecule has 14 heavy (non-hydrogen) atoms. The number of carbonyl (C=O) groups is 1. The minimum absolute atomic E-state index is 0.0574. The van der Waals surface area contributed by atoms with Crippen LogP contribution in [0.5, 0.6) is 0 Å². The topological polar surface area (TPSA) is 41.6 Å². The van der Waals surface area contributed by atoms with Crippen molar-refractivity contribution in [3.63, 3.8) is 0 Å². The van der Waals surface area contributed by atoms with E-state index in [0.717, 1.165) is 12.8 Å². The Hall–Kier alpha value is -1.03. The molecule has 0 spiro atoms. The number of carbonyl (C=O) groups excluding carboxylic acids is 1. The predicted octanol–water partition coefficient (Wildman–Crippen LogP) is 0.747. The average molecular weight is 196 g/mol. The Balaban J connectivity index is 1.76. The summed E-state index contributed by atoms with van der Waals surface area (Å²) in [6.07, 6.45) is 6.17. The molecule has 0 aromatic heterocycles. The molecule has 2 rings (SSSR count). The zero-order chi connectivity index (χ0) is 9.80. The maximum Gasteiger partial charge on any atom is 0.317 e. The third-order valence-corrected chi connectivity index (χ3v) is 2.63. The fourth-order valence-corrected chi connectivity index (χ4v) is 1.77. The summed E-state index contributed by atoms with van der Waals surface area (Å²) in [4.78, 5) is 13.5. The van der Waals surface area contributed by atoms with E-state index in [1.165, 1.54) is 0 Å². The van der Waals surface area contributed by atoms with E-state index in [2.05, 4.69) is 17.5 Å². The molecule has 4 nitrogen and oxygen atoms in total. The Morgan fingerprint density at radius 2 is 1.93 bits per heavy atom. The number of ether oxygens (including phenoxy) is 1. The van der Waals surface area contributed by atoms with Crippen LogP contribution in [0.2, 0.25) is 0 Å². The van der Waals surface area contributed by atoms with Crippen molar-refractivity contribution < 1.29 is 9.53 Å². The summed E-state index contributed by atoms with van der Waals surface area (Å²) < 4.78 is 5.19. The summed E-state index contributed by atoms with van der Waals surface area (Å²) in [5.74, 6) is 0. The Labute approximate surface area is 83.9 Å². The van der Waals surface area contributed by atoms with Gasteiger partial charge in [0.1, 0.15) is 0 Å². The normalized spacial score (nSPS) is 22.7. The molecule has 0 aromatic rings. The molecule has 4 heteroatoms. The van der Waals surface area contributed by atoms with Gasteiger partial charge in [0.15, 0.2) is 0 Å². The number of urea groups is 1. The zero-order valence-corrected chi connectivity index (χ0v) is 8.24. The highest BCUT2D eigenvalue weighted by Gasteiger charge is 2.20. The van der Waals surface area contributed by atoms with E-state index in [9.17, 15) is 4.79 Å². The van der Waals surface area contributed by atoms with Gasteiger partial charge >= 0.3 is 6.03 Å². The predicted molar refractivity (Wildman–Crippen MR) is 53.1 cm³/mol. The molecule has 0 unspecified atom stereocenters. The number of nitrogens with zero attached hydrogens (tertiary/aromatic N) is 1. The van der Waals surface area contributed by atoms with Crippen LogP contribution in [0.4, 0.5) is 4.79 Å². The SMILES string of the molecule is O=C(NC1CC=CC1)N1CCOCC1. The second-order valence-corrected chi connectivity index (χ2v) is 3.69. The lowest BCUT2D eigenvalue weighted by Gasteiger charge is -2.28. The van der Waals surface area contributed by atoms with Crippen molar-refractivity contribution in [2.45, 2.75) is 18.9 Å². The quantitative estimate of drug-likeness (QED) is 0.629. The number of hydrogen-bond acceptors (Lipinski definition) is 2. The molecule has 0 saturated carbocycles. The molecule has 2 amide bonds. The van der Waals surface area contributed by atoms with Crippen molar-refractivity contribution in [3.8, 4) is 0 Å². The highest BCUT2D eigenvalue weighted by molar-refractivity contribution is 5.74. The first-order valence-electron chi connectivity index (χ1n) is 5.14.